The molecule has 2 saturated heterocycles. The van der Waals surface area contributed by atoms with Crippen LogP contribution in [-0.2, 0) is 38.0 Å². The van der Waals surface area contributed by atoms with Crippen molar-refractivity contribution < 1.29 is 36.3 Å². The molecule has 9 heteroatoms. The molecule has 0 aromatic heterocycles. The van der Waals surface area contributed by atoms with Gasteiger partial charge in [0.1, 0.15) is 18.3 Å². The van der Waals surface area contributed by atoms with Crippen LogP contribution >= 0.6 is 0 Å². The lowest BCUT2D eigenvalue weighted by Gasteiger charge is -2.47. The molecule has 0 saturated carbocycles. The first kappa shape index (κ1) is 18.7. The number of fused-ring (bicyclic) bond motifs is 1. The van der Waals surface area contributed by atoms with Gasteiger partial charge in [0.05, 0.1) is 12.9 Å². The van der Waals surface area contributed by atoms with Crippen LogP contribution in [0.5, 0.6) is 0 Å². The second-order valence-electron chi connectivity index (χ2n) is 5.92. The van der Waals surface area contributed by atoms with E-state index in [2.05, 4.69) is 0 Å². The highest BCUT2D eigenvalue weighted by Gasteiger charge is 2.52. The molecule has 0 amide bonds. The van der Waals surface area contributed by atoms with Gasteiger partial charge in [-0.2, -0.15) is 8.42 Å². The molecule has 1 aromatic carbocycles. The number of benzene rings is 1. The van der Waals surface area contributed by atoms with Crippen molar-refractivity contribution in [2.24, 2.45) is 0 Å². The average molecular weight is 374 g/mol. The summed E-state index contributed by atoms with van der Waals surface area (Å²) in [6.07, 6.45) is -3.26. The Labute approximate surface area is 147 Å². The molecular weight excluding hydrogens is 352 g/mol. The monoisotopic (exact) mass is 374 g/mol. The molecule has 6 unspecified atom stereocenters. The van der Waals surface area contributed by atoms with Gasteiger partial charge in [-0.15, -0.1) is 0 Å². The summed E-state index contributed by atoms with van der Waals surface area (Å²) >= 11 is 0. The van der Waals surface area contributed by atoms with Crippen LogP contribution in [0, 0.1) is 0 Å². The smallest absolute Gasteiger partial charge is 0.264 e. The molecule has 2 aliphatic rings. The number of hydrogen-bond acceptors (Lipinski definition) is 8. The fourth-order valence-electron chi connectivity index (χ4n) is 3.09. The first-order valence-corrected chi connectivity index (χ1v) is 9.66. The van der Waals surface area contributed by atoms with Gasteiger partial charge in [-0.1, -0.05) is 30.3 Å². The van der Waals surface area contributed by atoms with E-state index < -0.39 is 47.1 Å². The summed E-state index contributed by atoms with van der Waals surface area (Å²) in [5, 5.41) is 0. The van der Waals surface area contributed by atoms with Gasteiger partial charge in [-0.25, -0.2) is 0 Å². The number of ether oxygens (including phenoxy) is 5. The van der Waals surface area contributed by atoms with Crippen molar-refractivity contribution in [1.82, 2.24) is 0 Å². The number of rotatable bonds is 5. The zero-order chi connectivity index (χ0) is 18.0. The highest BCUT2D eigenvalue weighted by molar-refractivity contribution is 7.86. The van der Waals surface area contributed by atoms with Crippen LogP contribution in [0.4, 0.5) is 0 Å². The van der Waals surface area contributed by atoms with Crippen LogP contribution in [-0.4, -0.2) is 66.2 Å². The maximum absolute atomic E-state index is 11.6. The standard InChI is InChI=1S/C16H22O8S/c1-19-13-12-11(22-16(20-2)14(13)24-25(3,17)18)9-21-15(23-12)10-7-5-4-6-8-10/h4-8,11-16H,9H2,1-3H3. The highest BCUT2D eigenvalue weighted by atomic mass is 32.2. The minimum Gasteiger partial charge on any atom is -0.376 e. The van der Waals surface area contributed by atoms with E-state index in [1.54, 1.807) is 0 Å². The van der Waals surface area contributed by atoms with Crippen LogP contribution in [0.2, 0.25) is 0 Å². The summed E-state index contributed by atoms with van der Waals surface area (Å²) in [7, 11) is -0.863. The minimum absolute atomic E-state index is 0.259. The van der Waals surface area contributed by atoms with Crippen molar-refractivity contribution in [3.63, 3.8) is 0 Å². The first-order valence-electron chi connectivity index (χ1n) is 7.84. The van der Waals surface area contributed by atoms with E-state index in [-0.39, 0.29) is 6.61 Å². The van der Waals surface area contributed by atoms with Crippen LogP contribution in [0.3, 0.4) is 0 Å². The van der Waals surface area contributed by atoms with Crippen molar-refractivity contribution in [3.05, 3.63) is 35.9 Å². The summed E-state index contributed by atoms with van der Waals surface area (Å²) in [5.41, 5.74) is 0.852. The third-order valence-electron chi connectivity index (χ3n) is 4.15. The molecule has 3 rings (SSSR count). The number of methoxy groups -OCH3 is 2. The average Bonchev–Trinajstić information content (AvgIpc) is 2.60. The van der Waals surface area contributed by atoms with Crippen molar-refractivity contribution in [3.8, 4) is 0 Å². The van der Waals surface area contributed by atoms with E-state index in [1.807, 2.05) is 30.3 Å². The zero-order valence-corrected chi connectivity index (χ0v) is 15.0. The van der Waals surface area contributed by atoms with Gasteiger partial charge in [0.25, 0.3) is 10.1 Å². The number of hydrogen-bond donors (Lipinski definition) is 0. The van der Waals surface area contributed by atoms with Crippen LogP contribution in [0.25, 0.3) is 0 Å². The molecule has 2 heterocycles. The van der Waals surface area contributed by atoms with Gasteiger partial charge in [-0.3, -0.25) is 4.18 Å². The Bertz CT molecular complexity index is 664. The topological polar surface area (TPSA) is 89.5 Å². The molecule has 140 valence electrons. The van der Waals surface area contributed by atoms with Crippen molar-refractivity contribution in [1.29, 1.82) is 0 Å². The molecule has 25 heavy (non-hydrogen) atoms. The normalized spacial score (nSPS) is 36.0. The quantitative estimate of drug-likeness (QED) is 0.700. The molecule has 0 spiro atoms. The van der Waals surface area contributed by atoms with Crippen LogP contribution in [0.1, 0.15) is 11.9 Å². The largest absolute Gasteiger partial charge is 0.376 e. The van der Waals surface area contributed by atoms with Gasteiger partial charge in [0.15, 0.2) is 18.7 Å². The lowest BCUT2D eigenvalue weighted by atomic mass is 9.97. The molecule has 0 radical (unpaired) electrons. The van der Waals surface area contributed by atoms with E-state index in [0.717, 1.165) is 11.8 Å². The van der Waals surface area contributed by atoms with Crippen LogP contribution in [0.15, 0.2) is 30.3 Å². The Balaban J connectivity index is 1.83. The van der Waals surface area contributed by atoms with Crippen molar-refractivity contribution >= 4 is 10.1 Å². The first-order chi connectivity index (χ1) is 11.9. The summed E-state index contributed by atoms with van der Waals surface area (Å²) in [4.78, 5) is 0. The Morgan fingerprint density at radius 3 is 2.36 bits per heavy atom. The second-order valence-corrected chi connectivity index (χ2v) is 7.52. The molecule has 2 fully saturated rings. The van der Waals surface area contributed by atoms with E-state index >= 15 is 0 Å². The third kappa shape index (κ3) is 4.20. The van der Waals surface area contributed by atoms with Gasteiger partial charge in [0.2, 0.25) is 0 Å². The summed E-state index contributed by atoms with van der Waals surface area (Å²) in [6, 6.07) is 9.44. The Hall–Kier alpha value is -1.07. The molecular formula is C16H22O8S. The Morgan fingerprint density at radius 1 is 1.04 bits per heavy atom. The molecule has 1 aromatic rings. The van der Waals surface area contributed by atoms with Gasteiger partial charge >= 0.3 is 0 Å². The Morgan fingerprint density at radius 2 is 1.76 bits per heavy atom. The third-order valence-corrected chi connectivity index (χ3v) is 4.72. The lowest BCUT2D eigenvalue weighted by Crippen LogP contribution is -2.63. The predicted molar refractivity (Wildman–Crippen MR) is 86.2 cm³/mol. The maximum atomic E-state index is 11.6. The van der Waals surface area contributed by atoms with Gasteiger partial charge < -0.3 is 23.7 Å². The van der Waals surface area contributed by atoms with Gasteiger partial charge in [0, 0.05) is 19.8 Å². The van der Waals surface area contributed by atoms with Crippen LogP contribution < -0.4 is 0 Å². The fraction of sp³-hybridized carbons (Fsp3) is 0.625. The minimum atomic E-state index is -3.74. The Kier molecular flexibility index (Phi) is 5.74. The molecule has 0 N–H and O–H groups in total. The molecule has 2 aliphatic heterocycles. The summed E-state index contributed by atoms with van der Waals surface area (Å²) < 4.78 is 56.7. The molecule has 8 nitrogen and oxygen atoms in total. The van der Waals surface area contributed by atoms with Gasteiger partial charge in [-0.05, 0) is 0 Å². The maximum Gasteiger partial charge on any atom is 0.264 e. The SMILES string of the molecule is COC1OC2COC(c3ccccc3)OC2C(OC)C1OS(C)(=O)=O. The highest BCUT2D eigenvalue weighted by Crippen LogP contribution is 2.36. The molecule has 0 aliphatic carbocycles. The van der Waals surface area contributed by atoms with E-state index in [0.29, 0.717) is 0 Å². The summed E-state index contributed by atoms with van der Waals surface area (Å²) in [5.74, 6) is 0. The predicted octanol–water partition coefficient (Wildman–Crippen LogP) is 0.832. The molecule has 6 atom stereocenters. The fourth-order valence-corrected chi connectivity index (χ4v) is 3.69. The molecule has 0 bridgehead atoms. The second kappa shape index (κ2) is 7.67. The van der Waals surface area contributed by atoms with Crippen molar-refractivity contribution in [2.75, 3.05) is 27.1 Å². The van der Waals surface area contributed by atoms with E-state index in [9.17, 15) is 8.42 Å². The van der Waals surface area contributed by atoms with E-state index in [1.165, 1.54) is 14.2 Å². The van der Waals surface area contributed by atoms with Crippen molar-refractivity contribution in [2.45, 2.75) is 37.0 Å². The summed E-state index contributed by atoms with van der Waals surface area (Å²) in [6.45, 7) is 0.259. The zero-order valence-electron chi connectivity index (χ0n) is 14.2. The van der Waals surface area contributed by atoms with E-state index in [4.69, 9.17) is 27.9 Å². The lowest BCUT2D eigenvalue weighted by molar-refractivity contribution is -0.357.